The van der Waals surface area contributed by atoms with Gasteiger partial charge in [0.05, 0.1) is 0 Å². The van der Waals surface area contributed by atoms with Crippen molar-refractivity contribution in [1.29, 1.82) is 0 Å². The van der Waals surface area contributed by atoms with Gasteiger partial charge < -0.3 is 10.0 Å². The number of Topliss-reactive ketones (excluding diaryl/α,β-unsaturated/α-hetero) is 1. The number of hydrogen-bond donors (Lipinski definition) is 1. The van der Waals surface area contributed by atoms with Crippen molar-refractivity contribution in [3.8, 4) is 0 Å². The van der Waals surface area contributed by atoms with Gasteiger partial charge in [-0.2, -0.15) is 0 Å². The van der Waals surface area contributed by atoms with Crippen LogP contribution >= 0.6 is 11.3 Å². The number of aromatic carboxylic acids is 1. The van der Waals surface area contributed by atoms with Crippen molar-refractivity contribution in [2.75, 3.05) is 14.1 Å². The van der Waals surface area contributed by atoms with Gasteiger partial charge in [0.15, 0.2) is 5.78 Å². The Bertz CT molecular complexity index is 514. The molecule has 0 radical (unpaired) electrons. The molecule has 1 heterocycles. The number of ketones is 1. The second kappa shape index (κ2) is 4.33. The van der Waals surface area contributed by atoms with Gasteiger partial charge in [0.25, 0.3) is 0 Å². The summed E-state index contributed by atoms with van der Waals surface area (Å²) in [6, 6.07) is 1.49. The van der Waals surface area contributed by atoms with Crippen molar-refractivity contribution in [3.63, 3.8) is 0 Å². The number of hydrogen-bond acceptors (Lipinski definition) is 4. The standard InChI is InChI=1S/C12H13NO3S/c1-13(2)6-7-3-4-9-8(11(7)14)5-10(17-9)12(15)16/h5-6H,3-4H2,1-2H3,(H,15,16). The summed E-state index contributed by atoms with van der Waals surface area (Å²) < 4.78 is 0. The van der Waals surface area contributed by atoms with E-state index in [4.69, 9.17) is 5.11 Å². The van der Waals surface area contributed by atoms with Gasteiger partial charge in [0.2, 0.25) is 0 Å². The highest BCUT2D eigenvalue weighted by molar-refractivity contribution is 7.14. The molecule has 4 nitrogen and oxygen atoms in total. The molecule has 0 saturated heterocycles. The van der Waals surface area contributed by atoms with Gasteiger partial charge in [-0.1, -0.05) is 0 Å². The van der Waals surface area contributed by atoms with E-state index in [0.717, 1.165) is 16.9 Å². The summed E-state index contributed by atoms with van der Waals surface area (Å²) in [6.07, 6.45) is 3.24. The van der Waals surface area contributed by atoms with E-state index in [0.29, 0.717) is 12.0 Å². The number of carboxylic acids is 1. The lowest BCUT2D eigenvalue weighted by Gasteiger charge is -2.15. The minimum atomic E-state index is -0.963. The smallest absolute Gasteiger partial charge is 0.345 e. The largest absolute Gasteiger partial charge is 0.477 e. The summed E-state index contributed by atoms with van der Waals surface area (Å²) in [7, 11) is 3.73. The number of thiophene rings is 1. The zero-order valence-corrected chi connectivity index (χ0v) is 10.5. The van der Waals surface area contributed by atoms with Crippen LogP contribution in [0, 0.1) is 0 Å². The second-order valence-corrected chi connectivity index (χ2v) is 5.34. The summed E-state index contributed by atoms with van der Waals surface area (Å²) in [5, 5.41) is 8.91. The van der Waals surface area contributed by atoms with E-state index >= 15 is 0 Å². The quantitative estimate of drug-likeness (QED) is 0.817. The fourth-order valence-corrected chi connectivity index (χ4v) is 2.88. The predicted octanol–water partition coefficient (Wildman–Crippen LogP) is 2.02. The first kappa shape index (κ1) is 11.9. The third-order valence-corrected chi connectivity index (χ3v) is 3.77. The van der Waals surface area contributed by atoms with Crippen LogP contribution in [0.1, 0.15) is 31.3 Å². The first-order valence-corrected chi connectivity index (χ1v) is 6.08. The Morgan fingerprint density at radius 3 is 2.76 bits per heavy atom. The summed E-state index contributed by atoms with van der Waals surface area (Å²) in [6.45, 7) is 0. The second-order valence-electron chi connectivity index (χ2n) is 4.20. The molecule has 0 amide bonds. The molecule has 0 unspecified atom stereocenters. The molecule has 0 saturated carbocycles. The molecule has 1 aliphatic rings. The minimum Gasteiger partial charge on any atom is -0.477 e. The molecule has 0 fully saturated rings. The van der Waals surface area contributed by atoms with E-state index in [-0.39, 0.29) is 10.7 Å². The third-order valence-electron chi connectivity index (χ3n) is 2.59. The zero-order chi connectivity index (χ0) is 12.6. The lowest BCUT2D eigenvalue weighted by molar-refractivity contribution is 0.0702. The zero-order valence-electron chi connectivity index (χ0n) is 9.69. The van der Waals surface area contributed by atoms with E-state index in [1.807, 2.05) is 25.2 Å². The van der Waals surface area contributed by atoms with Crippen LogP contribution in [0.4, 0.5) is 0 Å². The third kappa shape index (κ3) is 2.24. The highest BCUT2D eigenvalue weighted by Gasteiger charge is 2.26. The average molecular weight is 251 g/mol. The number of allylic oxidation sites excluding steroid dienone is 1. The van der Waals surface area contributed by atoms with Crippen molar-refractivity contribution in [3.05, 3.63) is 33.2 Å². The van der Waals surface area contributed by atoms with Crippen LogP contribution in [0.15, 0.2) is 17.8 Å². The first-order valence-electron chi connectivity index (χ1n) is 5.27. The van der Waals surface area contributed by atoms with E-state index in [2.05, 4.69) is 0 Å². The van der Waals surface area contributed by atoms with E-state index < -0.39 is 5.97 Å². The molecule has 90 valence electrons. The molecule has 0 spiro atoms. The maximum Gasteiger partial charge on any atom is 0.345 e. The van der Waals surface area contributed by atoms with Crippen LogP contribution in [0.3, 0.4) is 0 Å². The number of carboxylic acid groups (broad SMARTS) is 1. The SMILES string of the molecule is CN(C)C=C1CCc2sc(C(=O)O)cc2C1=O. The van der Waals surface area contributed by atoms with Crippen LogP contribution < -0.4 is 0 Å². The van der Waals surface area contributed by atoms with Crippen LogP contribution in [-0.4, -0.2) is 35.9 Å². The molecule has 1 aromatic heterocycles. The Labute approximate surface area is 103 Å². The molecular weight excluding hydrogens is 238 g/mol. The molecular formula is C12H13NO3S. The van der Waals surface area contributed by atoms with Crippen LogP contribution in [0.25, 0.3) is 0 Å². The Balaban J connectivity index is 2.39. The summed E-state index contributed by atoms with van der Waals surface area (Å²) >= 11 is 1.21. The first-order chi connectivity index (χ1) is 7.99. The van der Waals surface area contributed by atoms with Gasteiger partial charge in [0.1, 0.15) is 4.88 Å². The number of carbonyl (C=O) groups excluding carboxylic acids is 1. The van der Waals surface area contributed by atoms with Crippen molar-refractivity contribution >= 4 is 23.1 Å². The monoisotopic (exact) mass is 251 g/mol. The Morgan fingerprint density at radius 1 is 1.47 bits per heavy atom. The highest BCUT2D eigenvalue weighted by atomic mass is 32.1. The average Bonchev–Trinajstić information content (AvgIpc) is 2.66. The molecule has 17 heavy (non-hydrogen) atoms. The normalized spacial score (nSPS) is 17.1. The number of aryl methyl sites for hydroxylation is 1. The fraction of sp³-hybridized carbons (Fsp3) is 0.333. The summed E-state index contributed by atoms with van der Waals surface area (Å²) in [4.78, 5) is 25.9. The number of rotatable bonds is 2. The van der Waals surface area contributed by atoms with Gasteiger partial charge in [-0.3, -0.25) is 4.79 Å². The Kier molecular flexibility index (Phi) is 3.02. The van der Waals surface area contributed by atoms with Gasteiger partial charge in [-0.15, -0.1) is 11.3 Å². The minimum absolute atomic E-state index is 0.0382. The van der Waals surface area contributed by atoms with Gasteiger partial charge in [0, 0.05) is 36.3 Å². The summed E-state index contributed by atoms with van der Waals surface area (Å²) in [5.41, 5.74) is 1.31. The maximum atomic E-state index is 12.1. The van der Waals surface area contributed by atoms with Crippen LogP contribution in [0.5, 0.6) is 0 Å². The maximum absolute atomic E-state index is 12.1. The summed E-state index contributed by atoms with van der Waals surface area (Å²) in [5.74, 6) is -1.00. The molecule has 2 rings (SSSR count). The fourth-order valence-electron chi connectivity index (χ4n) is 1.88. The van der Waals surface area contributed by atoms with Crippen molar-refractivity contribution < 1.29 is 14.7 Å². The van der Waals surface area contributed by atoms with Gasteiger partial charge >= 0.3 is 5.97 Å². The highest BCUT2D eigenvalue weighted by Crippen LogP contribution is 2.32. The molecule has 5 heteroatoms. The molecule has 0 bridgehead atoms. The molecule has 0 aromatic carbocycles. The van der Waals surface area contributed by atoms with Crippen molar-refractivity contribution in [1.82, 2.24) is 4.90 Å². The molecule has 1 aliphatic carbocycles. The van der Waals surface area contributed by atoms with Gasteiger partial charge in [-0.05, 0) is 18.9 Å². The molecule has 1 aromatic rings. The predicted molar refractivity (Wildman–Crippen MR) is 65.7 cm³/mol. The number of nitrogens with zero attached hydrogens (tertiary/aromatic N) is 1. The number of carbonyl (C=O) groups is 2. The molecule has 0 atom stereocenters. The lowest BCUT2D eigenvalue weighted by atomic mass is 9.93. The van der Waals surface area contributed by atoms with Gasteiger partial charge in [-0.25, -0.2) is 4.79 Å². The molecule has 0 aliphatic heterocycles. The van der Waals surface area contributed by atoms with E-state index in [9.17, 15) is 9.59 Å². The van der Waals surface area contributed by atoms with Crippen LogP contribution in [-0.2, 0) is 6.42 Å². The molecule has 1 N–H and O–H groups in total. The topological polar surface area (TPSA) is 57.6 Å². The Hall–Kier alpha value is -1.62. The Morgan fingerprint density at radius 2 is 2.18 bits per heavy atom. The van der Waals surface area contributed by atoms with Crippen molar-refractivity contribution in [2.45, 2.75) is 12.8 Å². The van der Waals surface area contributed by atoms with Crippen LogP contribution in [0.2, 0.25) is 0 Å². The number of fused-ring (bicyclic) bond motifs is 1. The van der Waals surface area contributed by atoms with E-state index in [1.54, 1.807) is 0 Å². The lowest BCUT2D eigenvalue weighted by Crippen LogP contribution is -2.15. The van der Waals surface area contributed by atoms with Crippen molar-refractivity contribution in [2.24, 2.45) is 0 Å². The van der Waals surface area contributed by atoms with E-state index in [1.165, 1.54) is 17.4 Å².